The molecule has 3 aromatic rings. The summed E-state index contributed by atoms with van der Waals surface area (Å²) in [5.41, 5.74) is 1.38. The maximum atomic E-state index is 13.5. The number of thiophene rings is 1. The SMILES string of the molecule is Fc1cc2nc(-c3ccsc3)nc(Cl)c2cc1Br. The molecule has 0 radical (unpaired) electrons. The molecule has 90 valence electrons. The van der Waals surface area contributed by atoms with Crippen molar-refractivity contribution in [2.45, 2.75) is 0 Å². The first-order chi connectivity index (χ1) is 8.65. The van der Waals surface area contributed by atoms with Crippen molar-refractivity contribution in [2.24, 2.45) is 0 Å². The maximum Gasteiger partial charge on any atom is 0.162 e. The van der Waals surface area contributed by atoms with Crippen molar-refractivity contribution in [2.75, 3.05) is 0 Å². The first-order valence-electron chi connectivity index (χ1n) is 5.00. The minimum Gasteiger partial charge on any atom is -0.228 e. The Morgan fingerprint density at radius 1 is 1.28 bits per heavy atom. The van der Waals surface area contributed by atoms with E-state index < -0.39 is 0 Å². The molecular weight excluding hydrogens is 339 g/mol. The van der Waals surface area contributed by atoms with Gasteiger partial charge in [-0.3, -0.25) is 0 Å². The summed E-state index contributed by atoms with van der Waals surface area (Å²) in [5.74, 6) is 0.143. The average molecular weight is 344 g/mol. The third-order valence-electron chi connectivity index (χ3n) is 2.47. The van der Waals surface area contributed by atoms with Crippen LogP contribution in [0.5, 0.6) is 0 Å². The van der Waals surface area contributed by atoms with Gasteiger partial charge in [-0.15, -0.1) is 0 Å². The van der Waals surface area contributed by atoms with Crippen molar-refractivity contribution >= 4 is 49.8 Å². The van der Waals surface area contributed by atoms with E-state index in [4.69, 9.17) is 11.6 Å². The monoisotopic (exact) mass is 342 g/mol. The lowest BCUT2D eigenvalue weighted by atomic mass is 10.2. The summed E-state index contributed by atoms with van der Waals surface area (Å²) in [4.78, 5) is 8.56. The second-order valence-electron chi connectivity index (χ2n) is 3.63. The fraction of sp³-hybridized carbons (Fsp3) is 0. The van der Waals surface area contributed by atoms with Gasteiger partial charge in [0.05, 0.1) is 9.99 Å². The van der Waals surface area contributed by atoms with Crippen LogP contribution < -0.4 is 0 Å². The predicted octanol–water partition coefficient (Wildman–Crippen LogP) is 4.91. The lowest BCUT2D eigenvalue weighted by molar-refractivity contribution is 0.623. The molecule has 2 nitrogen and oxygen atoms in total. The van der Waals surface area contributed by atoms with Crippen molar-refractivity contribution in [1.82, 2.24) is 9.97 Å². The molecule has 0 bridgehead atoms. The number of aromatic nitrogens is 2. The number of benzene rings is 1. The Morgan fingerprint density at radius 2 is 2.11 bits per heavy atom. The number of fused-ring (bicyclic) bond motifs is 1. The van der Waals surface area contributed by atoms with Gasteiger partial charge >= 0.3 is 0 Å². The molecule has 0 saturated carbocycles. The van der Waals surface area contributed by atoms with E-state index >= 15 is 0 Å². The normalized spacial score (nSPS) is 11.1. The van der Waals surface area contributed by atoms with Crippen molar-refractivity contribution < 1.29 is 4.39 Å². The second-order valence-corrected chi connectivity index (χ2v) is 5.63. The van der Waals surface area contributed by atoms with Gasteiger partial charge < -0.3 is 0 Å². The van der Waals surface area contributed by atoms with Crippen LogP contribution in [0.4, 0.5) is 4.39 Å². The molecule has 0 aliphatic rings. The van der Waals surface area contributed by atoms with Gasteiger partial charge in [0.15, 0.2) is 5.82 Å². The van der Waals surface area contributed by atoms with E-state index in [0.717, 1.165) is 5.56 Å². The highest BCUT2D eigenvalue weighted by atomic mass is 79.9. The van der Waals surface area contributed by atoms with Crippen molar-refractivity contribution in [3.8, 4) is 11.4 Å². The van der Waals surface area contributed by atoms with Gasteiger partial charge in [0, 0.05) is 22.4 Å². The van der Waals surface area contributed by atoms with Crippen molar-refractivity contribution in [3.63, 3.8) is 0 Å². The summed E-state index contributed by atoms with van der Waals surface area (Å²) in [6, 6.07) is 4.84. The zero-order chi connectivity index (χ0) is 12.7. The summed E-state index contributed by atoms with van der Waals surface area (Å²) in [6.07, 6.45) is 0. The summed E-state index contributed by atoms with van der Waals surface area (Å²) < 4.78 is 13.9. The highest BCUT2D eigenvalue weighted by Gasteiger charge is 2.11. The van der Waals surface area contributed by atoms with Gasteiger partial charge in [-0.25, -0.2) is 14.4 Å². The second kappa shape index (κ2) is 4.57. The molecular formula is C12H5BrClFN2S. The van der Waals surface area contributed by atoms with E-state index in [2.05, 4.69) is 25.9 Å². The Balaban J connectivity index is 2.30. The number of hydrogen-bond donors (Lipinski definition) is 0. The van der Waals surface area contributed by atoms with Crippen LogP contribution in [-0.2, 0) is 0 Å². The van der Waals surface area contributed by atoms with E-state index in [0.29, 0.717) is 26.4 Å². The maximum absolute atomic E-state index is 13.5. The lowest BCUT2D eigenvalue weighted by Crippen LogP contribution is -1.92. The molecule has 0 amide bonds. The van der Waals surface area contributed by atoms with Crippen LogP contribution in [0.3, 0.4) is 0 Å². The highest BCUT2D eigenvalue weighted by molar-refractivity contribution is 9.10. The Labute approximate surface area is 120 Å². The van der Waals surface area contributed by atoms with Crippen LogP contribution in [-0.4, -0.2) is 9.97 Å². The highest BCUT2D eigenvalue weighted by Crippen LogP contribution is 2.29. The van der Waals surface area contributed by atoms with E-state index in [-0.39, 0.29) is 5.82 Å². The number of hydrogen-bond acceptors (Lipinski definition) is 3. The minimum absolute atomic E-state index is 0.321. The largest absolute Gasteiger partial charge is 0.228 e. The zero-order valence-electron chi connectivity index (χ0n) is 8.82. The first-order valence-corrected chi connectivity index (χ1v) is 7.11. The lowest BCUT2D eigenvalue weighted by Gasteiger charge is -2.04. The van der Waals surface area contributed by atoms with Crippen LogP contribution in [0.25, 0.3) is 22.3 Å². The molecule has 1 aromatic carbocycles. The van der Waals surface area contributed by atoms with Gasteiger partial charge in [0.2, 0.25) is 0 Å². The Bertz CT molecular complexity index is 731. The first kappa shape index (κ1) is 12.0. The summed E-state index contributed by atoms with van der Waals surface area (Å²) in [6.45, 7) is 0. The van der Waals surface area contributed by atoms with Crippen molar-refractivity contribution in [3.05, 3.63) is 44.4 Å². The van der Waals surface area contributed by atoms with E-state index in [1.165, 1.54) is 6.07 Å². The smallest absolute Gasteiger partial charge is 0.162 e. The molecule has 3 rings (SSSR count). The van der Waals surface area contributed by atoms with Crippen LogP contribution >= 0.6 is 38.9 Å². The molecule has 2 heterocycles. The standard InChI is InChI=1S/C12H5BrClFN2S/c13-8-3-7-10(4-9(8)15)16-12(17-11(7)14)6-1-2-18-5-6/h1-5H. The van der Waals surface area contributed by atoms with Crippen LogP contribution in [0, 0.1) is 5.82 Å². The predicted molar refractivity (Wildman–Crippen MR) is 75.5 cm³/mol. The topological polar surface area (TPSA) is 25.8 Å². The summed E-state index contributed by atoms with van der Waals surface area (Å²) >= 11 is 10.8. The van der Waals surface area contributed by atoms with Crippen LogP contribution in [0.2, 0.25) is 5.15 Å². The third-order valence-corrected chi connectivity index (χ3v) is 4.05. The van der Waals surface area contributed by atoms with Gasteiger partial charge in [-0.1, -0.05) is 11.6 Å². The van der Waals surface area contributed by atoms with E-state index in [1.807, 2.05) is 16.8 Å². The number of halogens is 3. The van der Waals surface area contributed by atoms with E-state index in [9.17, 15) is 4.39 Å². The van der Waals surface area contributed by atoms with Crippen LogP contribution in [0.1, 0.15) is 0 Å². The molecule has 18 heavy (non-hydrogen) atoms. The molecule has 6 heteroatoms. The number of nitrogens with zero attached hydrogens (tertiary/aromatic N) is 2. The molecule has 0 N–H and O–H groups in total. The summed E-state index contributed by atoms with van der Waals surface area (Å²) in [7, 11) is 0. The van der Waals surface area contributed by atoms with Gasteiger partial charge in [-0.2, -0.15) is 11.3 Å². The average Bonchev–Trinajstić information content (AvgIpc) is 2.85. The minimum atomic E-state index is -0.367. The Kier molecular flexibility index (Phi) is 3.05. The van der Waals surface area contributed by atoms with Gasteiger partial charge in [-0.05, 0) is 33.4 Å². The molecule has 2 aromatic heterocycles. The summed E-state index contributed by atoms with van der Waals surface area (Å²) in [5, 5.41) is 4.80. The fourth-order valence-electron chi connectivity index (χ4n) is 1.61. The van der Waals surface area contributed by atoms with Crippen molar-refractivity contribution in [1.29, 1.82) is 0 Å². The number of rotatable bonds is 1. The molecule has 0 spiro atoms. The zero-order valence-corrected chi connectivity index (χ0v) is 12.0. The molecule has 0 atom stereocenters. The van der Waals surface area contributed by atoms with Gasteiger partial charge in [0.25, 0.3) is 0 Å². The quantitative estimate of drug-likeness (QED) is 0.587. The van der Waals surface area contributed by atoms with Gasteiger partial charge in [0.1, 0.15) is 11.0 Å². The fourth-order valence-corrected chi connectivity index (χ4v) is 2.82. The molecule has 0 aliphatic heterocycles. The van der Waals surface area contributed by atoms with Crippen LogP contribution in [0.15, 0.2) is 33.4 Å². The Morgan fingerprint density at radius 3 is 2.83 bits per heavy atom. The molecule has 0 unspecified atom stereocenters. The Hall–Kier alpha value is -1.04. The van der Waals surface area contributed by atoms with E-state index in [1.54, 1.807) is 17.4 Å². The third kappa shape index (κ3) is 2.02. The molecule has 0 fully saturated rings. The molecule has 0 saturated heterocycles. The molecule has 0 aliphatic carbocycles.